The number of carbonyl (C=O) groups is 1. The van der Waals surface area contributed by atoms with Crippen molar-refractivity contribution in [2.24, 2.45) is 5.16 Å². The van der Waals surface area contributed by atoms with Crippen molar-refractivity contribution in [1.82, 2.24) is 0 Å². The molecule has 0 aliphatic carbocycles. The van der Waals surface area contributed by atoms with Gasteiger partial charge in [-0.1, -0.05) is 16.8 Å². The van der Waals surface area contributed by atoms with Gasteiger partial charge in [0.15, 0.2) is 6.61 Å². The quantitative estimate of drug-likeness (QED) is 0.588. The third kappa shape index (κ3) is 6.34. The SMILES string of the molecule is O=C(CO/N=C/c1ccc(OC(F)F)cc1)Nc1ccc(F)c(Cl)c1. The number of nitrogens with one attached hydrogen (secondary N) is 1. The molecular formula is C16H12ClF3N2O3. The van der Waals surface area contributed by atoms with Crippen molar-refractivity contribution in [2.45, 2.75) is 6.61 Å². The molecule has 5 nitrogen and oxygen atoms in total. The Hall–Kier alpha value is -2.74. The molecule has 0 atom stereocenters. The van der Waals surface area contributed by atoms with Crippen LogP contribution in [0.1, 0.15) is 5.56 Å². The van der Waals surface area contributed by atoms with Crippen LogP contribution in [0.2, 0.25) is 5.02 Å². The molecule has 0 aromatic heterocycles. The number of oxime groups is 1. The van der Waals surface area contributed by atoms with Gasteiger partial charge in [-0.05, 0) is 48.0 Å². The van der Waals surface area contributed by atoms with Gasteiger partial charge in [0.25, 0.3) is 5.91 Å². The summed E-state index contributed by atoms with van der Waals surface area (Å²) in [6.07, 6.45) is 1.30. The zero-order valence-electron chi connectivity index (χ0n) is 12.6. The van der Waals surface area contributed by atoms with Crippen molar-refractivity contribution in [3.63, 3.8) is 0 Å². The first-order valence-electron chi connectivity index (χ1n) is 6.89. The standard InChI is InChI=1S/C16H12ClF3N2O3/c17-13-7-11(3-6-14(13)18)22-15(23)9-24-21-8-10-1-4-12(5-2-10)25-16(19)20/h1-8,16H,9H2,(H,22,23)/b21-8+. The first kappa shape index (κ1) is 18.6. The average molecular weight is 373 g/mol. The van der Waals surface area contributed by atoms with E-state index in [-0.39, 0.29) is 17.4 Å². The van der Waals surface area contributed by atoms with Gasteiger partial charge in [0, 0.05) is 5.69 Å². The highest BCUT2D eigenvalue weighted by Gasteiger charge is 2.06. The lowest BCUT2D eigenvalue weighted by molar-refractivity contribution is -0.120. The number of nitrogens with zero attached hydrogens (tertiary/aromatic N) is 1. The lowest BCUT2D eigenvalue weighted by Crippen LogP contribution is -2.17. The van der Waals surface area contributed by atoms with Crippen molar-refractivity contribution in [3.05, 3.63) is 58.9 Å². The van der Waals surface area contributed by atoms with Gasteiger partial charge in [0.2, 0.25) is 0 Å². The first-order valence-corrected chi connectivity index (χ1v) is 7.27. The van der Waals surface area contributed by atoms with Gasteiger partial charge < -0.3 is 14.9 Å². The summed E-state index contributed by atoms with van der Waals surface area (Å²) in [5.41, 5.74) is 0.880. The number of amides is 1. The Bertz CT molecular complexity index is 755. The van der Waals surface area contributed by atoms with E-state index in [1.165, 1.54) is 42.6 Å². The number of hydrogen-bond donors (Lipinski definition) is 1. The normalized spacial score (nSPS) is 10.9. The summed E-state index contributed by atoms with van der Waals surface area (Å²) in [5.74, 6) is -1.09. The number of anilines is 1. The highest BCUT2D eigenvalue weighted by molar-refractivity contribution is 6.31. The Labute approximate surface area is 146 Å². The van der Waals surface area contributed by atoms with E-state index < -0.39 is 18.3 Å². The number of alkyl halides is 2. The molecule has 0 saturated heterocycles. The molecule has 1 amide bonds. The molecule has 9 heteroatoms. The van der Waals surface area contributed by atoms with E-state index in [0.717, 1.165) is 6.07 Å². The summed E-state index contributed by atoms with van der Waals surface area (Å²) in [7, 11) is 0. The Morgan fingerprint density at radius 1 is 1.24 bits per heavy atom. The largest absolute Gasteiger partial charge is 0.435 e. The Morgan fingerprint density at radius 3 is 2.60 bits per heavy atom. The topological polar surface area (TPSA) is 59.9 Å². The maximum absolute atomic E-state index is 13.0. The van der Waals surface area contributed by atoms with Crippen LogP contribution in [0.5, 0.6) is 5.75 Å². The summed E-state index contributed by atoms with van der Waals surface area (Å²) >= 11 is 5.60. The van der Waals surface area contributed by atoms with E-state index in [9.17, 15) is 18.0 Å². The summed E-state index contributed by atoms with van der Waals surface area (Å²) in [4.78, 5) is 16.5. The third-order valence-electron chi connectivity index (χ3n) is 2.78. The van der Waals surface area contributed by atoms with Crippen LogP contribution in [0, 0.1) is 5.82 Å². The number of rotatable bonds is 7. The molecular weight excluding hydrogens is 361 g/mol. The number of ether oxygens (including phenoxy) is 1. The predicted molar refractivity (Wildman–Crippen MR) is 86.7 cm³/mol. The Morgan fingerprint density at radius 2 is 1.96 bits per heavy atom. The van der Waals surface area contributed by atoms with Crippen LogP contribution >= 0.6 is 11.6 Å². The van der Waals surface area contributed by atoms with Crippen molar-refractivity contribution in [3.8, 4) is 5.75 Å². The van der Waals surface area contributed by atoms with E-state index in [4.69, 9.17) is 16.4 Å². The smallest absolute Gasteiger partial charge is 0.387 e. The summed E-state index contributed by atoms with van der Waals surface area (Å²) < 4.78 is 41.2. The van der Waals surface area contributed by atoms with Crippen molar-refractivity contribution >= 4 is 29.4 Å². The molecule has 132 valence electrons. The van der Waals surface area contributed by atoms with E-state index in [2.05, 4.69) is 15.2 Å². The highest BCUT2D eigenvalue weighted by Crippen LogP contribution is 2.19. The molecule has 0 heterocycles. The number of benzene rings is 2. The molecule has 0 unspecified atom stereocenters. The molecule has 25 heavy (non-hydrogen) atoms. The maximum Gasteiger partial charge on any atom is 0.387 e. The van der Waals surface area contributed by atoms with Crippen molar-refractivity contribution in [2.75, 3.05) is 11.9 Å². The van der Waals surface area contributed by atoms with E-state index >= 15 is 0 Å². The van der Waals surface area contributed by atoms with Crippen molar-refractivity contribution < 1.29 is 27.5 Å². The molecule has 2 rings (SSSR count). The summed E-state index contributed by atoms with van der Waals surface area (Å²) in [5, 5.41) is 5.93. The second kappa shape index (κ2) is 8.93. The average Bonchev–Trinajstić information content (AvgIpc) is 2.56. The first-order chi connectivity index (χ1) is 11.9. The second-order valence-electron chi connectivity index (χ2n) is 4.63. The fraction of sp³-hybridized carbons (Fsp3) is 0.125. The van der Waals surface area contributed by atoms with E-state index in [0.29, 0.717) is 11.3 Å². The van der Waals surface area contributed by atoms with Crippen molar-refractivity contribution in [1.29, 1.82) is 0 Å². The molecule has 2 aromatic rings. The van der Waals surface area contributed by atoms with E-state index in [1.54, 1.807) is 0 Å². The van der Waals surface area contributed by atoms with Crippen LogP contribution in [-0.4, -0.2) is 25.3 Å². The molecule has 0 aliphatic heterocycles. The monoisotopic (exact) mass is 372 g/mol. The highest BCUT2D eigenvalue weighted by atomic mass is 35.5. The van der Waals surface area contributed by atoms with Gasteiger partial charge in [0.05, 0.1) is 11.2 Å². The zero-order valence-corrected chi connectivity index (χ0v) is 13.3. The molecule has 0 spiro atoms. The number of halogens is 4. The van der Waals surface area contributed by atoms with Gasteiger partial charge >= 0.3 is 6.61 Å². The maximum atomic E-state index is 13.0. The number of hydrogen-bond acceptors (Lipinski definition) is 4. The minimum Gasteiger partial charge on any atom is -0.435 e. The summed E-state index contributed by atoms with van der Waals surface area (Å²) in [6, 6.07) is 9.41. The minimum absolute atomic E-state index is 0.0189. The van der Waals surface area contributed by atoms with Gasteiger partial charge in [-0.3, -0.25) is 4.79 Å². The Kier molecular flexibility index (Phi) is 6.64. The zero-order chi connectivity index (χ0) is 18.2. The molecule has 0 aliphatic rings. The molecule has 1 N–H and O–H groups in total. The fourth-order valence-electron chi connectivity index (χ4n) is 1.70. The van der Waals surface area contributed by atoms with E-state index in [1.807, 2.05) is 0 Å². The molecule has 2 aromatic carbocycles. The number of carbonyl (C=O) groups excluding carboxylic acids is 1. The lowest BCUT2D eigenvalue weighted by atomic mass is 10.2. The lowest BCUT2D eigenvalue weighted by Gasteiger charge is -2.05. The van der Waals surface area contributed by atoms with Crippen LogP contribution in [-0.2, 0) is 9.63 Å². The Balaban J connectivity index is 1.78. The van der Waals surface area contributed by atoms with Gasteiger partial charge in [-0.15, -0.1) is 0 Å². The van der Waals surface area contributed by atoms with Crippen LogP contribution in [0.4, 0.5) is 18.9 Å². The fourth-order valence-corrected chi connectivity index (χ4v) is 1.88. The molecule has 0 saturated carbocycles. The second-order valence-corrected chi connectivity index (χ2v) is 5.04. The van der Waals surface area contributed by atoms with Crippen LogP contribution < -0.4 is 10.1 Å². The van der Waals surface area contributed by atoms with Crippen LogP contribution in [0.15, 0.2) is 47.6 Å². The van der Waals surface area contributed by atoms with Crippen LogP contribution in [0.25, 0.3) is 0 Å². The third-order valence-corrected chi connectivity index (χ3v) is 3.07. The van der Waals surface area contributed by atoms with Crippen LogP contribution in [0.3, 0.4) is 0 Å². The molecule has 0 bridgehead atoms. The van der Waals surface area contributed by atoms with Gasteiger partial charge in [-0.25, -0.2) is 4.39 Å². The van der Waals surface area contributed by atoms with Gasteiger partial charge in [-0.2, -0.15) is 8.78 Å². The molecule has 0 radical (unpaired) electrons. The minimum atomic E-state index is -2.89. The predicted octanol–water partition coefficient (Wildman–Crippen LogP) is 4.07. The molecule has 0 fully saturated rings. The summed E-state index contributed by atoms with van der Waals surface area (Å²) in [6.45, 7) is -3.27. The van der Waals surface area contributed by atoms with Gasteiger partial charge in [0.1, 0.15) is 11.6 Å².